The summed E-state index contributed by atoms with van der Waals surface area (Å²) in [7, 11) is -4.69. The van der Waals surface area contributed by atoms with Gasteiger partial charge in [-0.2, -0.15) is 14.0 Å². The molecule has 0 amide bonds. The predicted octanol–water partition coefficient (Wildman–Crippen LogP) is 5.69. The number of para-hydroxylation sites is 2. The van der Waals surface area contributed by atoms with E-state index in [1.54, 1.807) is 0 Å². The van der Waals surface area contributed by atoms with Crippen molar-refractivity contribution in [2.24, 2.45) is 0 Å². The molecule has 1 unspecified atom stereocenters. The van der Waals surface area contributed by atoms with Crippen LogP contribution in [0.3, 0.4) is 0 Å². The van der Waals surface area contributed by atoms with Crippen LogP contribution in [0.15, 0.2) is 94.7 Å². The van der Waals surface area contributed by atoms with E-state index in [0.29, 0.717) is 6.04 Å². The van der Waals surface area contributed by atoms with E-state index in [-0.39, 0.29) is 10.8 Å². The Morgan fingerprint density at radius 2 is 1.48 bits per heavy atom. The third-order valence-electron chi connectivity index (χ3n) is 9.07. The maximum Gasteiger partial charge on any atom is 0.0777 e. The first-order valence-electron chi connectivity index (χ1n) is 15.6. The van der Waals surface area contributed by atoms with E-state index in [1.165, 1.54) is 39.3 Å². The Morgan fingerprint density at radius 1 is 0.886 bits per heavy atom. The quantitative estimate of drug-likeness (QED) is 0.418. The minimum atomic E-state index is -4.69. The molecule has 2 aromatic carbocycles. The molecule has 0 fully saturated rings. The molecule has 0 bridgehead atoms. The molecule has 3 aliphatic rings. The molecule has 5 rings (SSSR count). The largest absolute Gasteiger partial charge is 0.364 e. The Labute approximate surface area is 270 Å². The van der Waals surface area contributed by atoms with Crippen LogP contribution in [0.4, 0.5) is 11.4 Å². The summed E-state index contributed by atoms with van der Waals surface area (Å²) in [5.74, 6) is 0. The lowest BCUT2D eigenvalue weighted by molar-refractivity contribution is -1.92. The van der Waals surface area contributed by atoms with Crippen LogP contribution in [0.25, 0.3) is 0 Å². The summed E-state index contributed by atoms with van der Waals surface area (Å²) in [4.78, 5) is 5.10. The zero-order valence-corrected chi connectivity index (χ0v) is 28.3. The second-order valence-electron chi connectivity index (χ2n) is 12.9. The monoisotopic (exact) mass is 640 g/mol. The van der Waals surface area contributed by atoms with Crippen molar-refractivity contribution in [1.82, 2.24) is 0 Å². The Bertz CT molecular complexity index is 1450. The first kappa shape index (κ1) is 34.3. The van der Waals surface area contributed by atoms with Gasteiger partial charge in [-0.05, 0) is 72.6 Å². The lowest BCUT2D eigenvalue weighted by Gasteiger charge is -2.32. The fourth-order valence-corrected chi connectivity index (χ4v) is 7.33. The Kier molecular flexibility index (Phi) is 10.8. The highest BCUT2D eigenvalue weighted by Crippen LogP contribution is 2.48. The standard InChI is InChI=1S/C36H45ClN2.ClHO4/c1-7-24-38-30-18-11-9-16-28(30)35(3,4)32(38)22-20-26-14-13-15-27(34(26)37)21-23-33-36(5,6)29-17-10-12-19-31(29)39(33)25-8-2;2-1(3,4)5/h9-12,16-23,32H,7-8,13-15,24-25H2,1-6H3;(H,2,3,4,5)/b22-20+,27-21-,33-23-;. The van der Waals surface area contributed by atoms with Crippen molar-refractivity contribution < 1.29 is 28.9 Å². The third-order valence-corrected chi connectivity index (χ3v) is 9.56. The van der Waals surface area contributed by atoms with Crippen molar-refractivity contribution >= 4 is 23.0 Å². The van der Waals surface area contributed by atoms with Gasteiger partial charge in [0.2, 0.25) is 0 Å². The molecule has 2 aromatic rings. The molecule has 0 saturated heterocycles. The Morgan fingerprint density at radius 3 is 2.11 bits per heavy atom. The second-order valence-corrected chi connectivity index (χ2v) is 14.0. The molecule has 6 nitrogen and oxygen atoms in total. The van der Waals surface area contributed by atoms with E-state index in [4.69, 9.17) is 30.2 Å². The summed E-state index contributed by atoms with van der Waals surface area (Å²) >= 11 is 7.14. The molecule has 1 aliphatic carbocycles. The van der Waals surface area contributed by atoms with Crippen molar-refractivity contribution in [3.63, 3.8) is 0 Å². The lowest BCUT2D eigenvalue weighted by atomic mass is 9.80. The van der Waals surface area contributed by atoms with Gasteiger partial charge in [-0.3, -0.25) is 0 Å². The second kappa shape index (κ2) is 13.8. The summed E-state index contributed by atoms with van der Waals surface area (Å²) < 4.78 is 32.7. The van der Waals surface area contributed by atoms with Crippen LogP contribution in [0, 0.1) is 10.2 Å². The SMILES string of the molecule is CCCN1/C(=C\C=C2\CCCC(/C=C/C3N(CCC)c4ccccc4C3(C)C)=C2Cl)C(C)(C)c2ccccc21.[O-][Cl+3]([O-])([O-])O. The summed E-state index contributed by atoms with van der Waals surface area (Å²) in [6.45, 7) is 16.1. The van der Waals surface area contributed by atoms with Gasteiger partial charge in [0, 0.05) is 46.0 Å². The molecule has 0 saturated carbocycles. The van der Waals surface area contributed by atoms with Crippen LogP contribution in [0.5, 0.6) is 0 Å². The summed E-state index contributed by atoms with van der Waals surface area (Å²) in [5.41, 5.74) is 9.51. The molecule has 44 heavy (non-hydrogen) atoms. The van der Waals surface area contributed by atoms with Crippen molar-refractivity contribution in [3.8, 4) is 0 Å². The Hall–Kier alpha value is -2.58. The number of allylic oxidation sites excluding steroid dienone is 7. The van der Waals surface area contributed by atoms with Crippen LogP contribution in [0.1, 0.15) is 84.8 Å². The molecule has 0 aromatic heterocycles. The van der Waals surface area contributed by atoms with Gasteiger partial charge in [0.15, 0.2) is 0 Å². The number of hydrogen-bond donors (Lipinski definition) is 1. The van der Waals surface area contributed by atoms with Crippen molar-refractivity contribution in [1.29, 1.82) is 0 Å². The minimum absolute atomic E-state index is 0.0256. The zero-order chi connectivity index (χ0) is 32.3. The number of benzene rings is 2. The summed E-state index contributed by atoms with van der Waals surface area (Å²) in [5, 5.41) is 0.945. The van der Waals surface area contributed by atoms with E-state index in [9.17, 15) is 0 Å². The molecule has 1 N–H and O–H groups in total. The molecule has 2 aliphatic heterocycles. The van der Waals surface area contributed by atoms with Crippen molar-refractivity contribution in [2.75, 3.05) is 22.9 Å². The fraction of sp³-hybridized carbons (Fsp3) is 0.444. The molecular formula is C36H46Cl2N2O4. The number of halogens is 2. The zero-order valence-electron chi connectivity index (χ0n) is 26.8. The molecule has 0 spiro atoms. The van der Waals surface area contributed by atoms with Gasteiger partial charge >= 0.3 is 0 Å². The van der Waals surface area contributed by atoms with Crippen LogP contribution < -0.4 is 23.8 Å². The highest BCUT2D eigenvalue weighted by Gasteiger charge is 2.42. The van der Waals surface area contributed by atoms with E-state index >= 15 is 0 Å². The van der Waals surface area contributed by atoms with E-state index in [0.717, 1.165) is 50.2 Å². The maximum absolute atomic E-state index is 8.60. The summed E-state index contributed by atoms with van der Waals surface area (Å²) in [6, 6.07) is 18.1. The van der Waals surface area contributed by atoms with E-state index in [1.807, 2.05) is 0 Å². The highest BCUT2D eigenvalue weighted by atomic mass is 35.7. The van der Waals surface area contributed by atoms with Gasteiger partial charge in [0.25, 0.3) is 0 Å². The van der Waals surface area contributed by atoms with Crippen LogP contribution in [0.2, 0.25) is 0 Å². The van der Waals surface area contributed by atoms with Gasteiger partial charge in [-0.15, -0.1) is 0 Å². The average Bonchev–Trinajstić information content (AvgIpc) is 3.30. The first-order valence-corrected chi connectivity index (χ1v) is 17.2. The number of fused-ring (bicyclic) bond motifs is 2. The predicted molar refractivity (Wildman–Crippen MR) is 172 cm³/mol. The maximum atomic E-state index is 8.60. The summed E-state index contributed by atoms with van der Waals surface area (Å²) in [6.07, 6.45) is 14.9. The average molecular weight is 642 g/mol. The van der Waals surface area contributed by atoms with Crippen molar-refractivity contribution in [3.05, 3.63) is 106 Å². The van der Waals surface area contributed by atoms with Crippen molar-refractivity contribution in [2.45, 2.75) is 90.5 Å². The number of nitrogens with zero attached hydrogens (tertiary/aromatic N) is 2. The topological polar surface area (TPSA) is 95.9 Å². The molecule has 0 radical (unpaired) electrons. The molecule has 1 atom stereocenters. The molecule has 2 heterocycles. The third kappa shape index (κ3) is 7.28. The normalized spacial score (nSPS) is 22.5. The highest BCUT2D eigenvalue weighted by molar-refractivity contribution is 6.32. The minimum Gasteiger partial charge on any atom is -0.364 e. The van der Waals surface area contributed by atoms with Gasteiger partial charge in [-0.25, -0.2) is 0 Å². The lowest BCUT2D eigenvalue weighted by Crippen LogP contribution is -2.58. The van der Waals surface area contributed by atoms with E-state index in [2.05, 4.69) is 124 Å². The van der Waals surface area contributed by atoms with Gasteiger partial charge < -0.3 is 9.80 Å². The van der Waals surface area contributed by atoms with Gasteiger partial charge in [-0.1, -0.05) is 108 Å². The van der Waals surface area contributed by atoms with Crippen LogP contribution >= 0.6 is 11.6 Å². The molecule has 8 heteroatoms. The van der Waals surface area contributed by atoms with E-state index < -0.39 is 10.2 Å². The number of anilines is 2. The fourth-order valence-electron chi connectivity index (χ4n) is 7.01. The smallest absolute Gasteiger partial charge is 0.0777 e. The Balaban J connectivity index is 0.000000818. The first-order chi connectivity index (χ1) is 20.7. The molecule has 238 valence electrons. The van der Waals surface area contributed by atoms with Gasteiger partial charge in [0.05, 0.1) is 20.9 Å². The van der Waals surface area contributed by atoms with Crippen LogP contribution in [-0.2, 0) is 10.8 Å². The van der Waals surface area contributed by atoms with Crippen LogP contribution in [-0.4, -0.2) is 23.8 Å². The van der Waals surface area contributed by atoms with Gasteiger partial charge in [0.1, 0.15) is 0 Å². The molecular weight excluding hydrogens is 595 g/mol. The number of hydrogen-bond acceptors (Lipinski definition) is 6. The number of rotatable bonds is 7.